The molecule has 1 N–H and O–H groups in total. The minimum Gasteiger partial charge on any atom is -0.354 e. The summed E-state index contributed by atoms with van der Waals surface area (Å²) in [5, 5.41) is 3.36. The molecule has 0 fully saturated rings. The van der Waals surface area contributed by atoms with Gasteiger partial charge in [0.05, 0.1) is 22.2 Å². The summed E-state index contributed by atoms with van der Waals surface area (Å²) in [5.74, 6) is 0.909. The van der Waals surface area contributed by atoms with Crippen molar-refractivity contribution in [3.63, 3.8) is 0 Å². The summed E-state index contributed by atoms with van der Waals surface area (Å²) in [7, 11) is 0. The molecule has 0 unspecified atom stereocenters. The van der Waals surface area contributed by atoms with Crippen molar-refractivity contribution < 1.29 is 0 Å². The molecule has 21 heavy (non-hydrogen) atoms. The minimum absolute atomic E-state index is 0.103. The molecular formula is C15H18BrN5. The lowest BCUT2D eigenvalue weighted by Gasteiger charge is -2.37. The zero-order valence-electron chi connectivity index (χ0n) is 12.4. The van der Waals surface area contributed by atoms with Crippen LogP contribution in [0.5, 0.6) is 0 Å². The molecule has 5 nitrogen and oxygen atoms in total. The second-order valence-corrected chi connectivity index (χ2v) is 6.75. The van der Waals surface area contributed by atoms with Gasteiger partial charge in [0.15, 0.2) is 5.96 Å². The highest BCUT2D eigenvalue weighted by Gasteiger charge is 2.30. The Kier molecular flexibility index (Phi) is 3.57. The van der Waals surface area contributed by atoms with Crippen molar-refractivity contribution in [2.75, 3.05) is 18.0 Å². The molecule has 0 atom stereocenters. The molecular weight excluding hydrogens is 330 g/mol. The average molecular weight is 348 g/mol. The number of nitrogens with one attached hydrogen (secondary N) is 1. The van der Waals surface area contributed by atoms with Gasteiger partial charge in [-0.1, -0.05) is 0 Å². The summed E-state index contributed by atoms with van der Waals surface area (Å²) >= 11 is 3.70. The van der Waals surface area contributed by atoms with Gasteiger partial charge in [-0.25, -0.2) is 0 Å². The predicted molar refractivity (Wildman–Crippen MR) is 89.8 cm³/mol. The Hall–Kier alpha value is -1.69. The van der Waals surface area contributed by atoms with Crippen LogP contribution in [-0.4, -0.2) is 34.6 Å². The number of guanidine groups is 1. The number of aromatic nitrogens is 2. The van der Waals surface area contributed by atoms with Gasteiger partial charge < -0.3 is 10.2 Å². The van der Waals surface area contributed by atoms with Crippen molar-refractivity contribution in [1.82, 2.24) is 15.3 Å². The van der Waals surface area contributed by atoms with E-state index in [-0.39, 0.29) is 5.54 Å². The lowest BCUT2D eigenvalue weighted by molar-refractivity contribution is 0.566. The standard InChI is InChI=1S/C15H18BrN5/c1-15(2,3)21(14-19-8-9-20-14)11-5-4-10-13(12(11)16)18-7-6-17-10/h4-7H,8-9H2,1-3H3,(H,19,20). The van der Waals surface area contributed by atoms with Gasteiger partial charge in [-0.2, -0.15) is 0 Å². The van der Waals surface area contributed by atoms with Gasteiger partial charge in [0.25, 0.3) is 0 Å². The molecule has 0 saturated carbocycles. The fourth-order valence-electron chi connectivity index (χ4n) is 2.49. The van der Waals surface area contributed by atoms with E-state index in [1.165, 1.54) is 0 Å². The van der Waals surface area contributed by atoms with Crippen LogP contribution in [0.25, 0.3) is 11.0 Å². The Bertz CT molecular complexity index is 705. The summed E-state index contributed by atoms with van der Waals surface area (Å²) in [6.07, 6.45) is 3.42. The Balaban J connectivity index is 2.18. The van der Waals surface area contributed by atoms with E-state index in [1.807, 2.05) is 6.07 Å². The molecule has 0 amide bonds. The summed E-state index contributed by atoms with van der Waals surface area (Å²) in [5.41, 5.74) is 2.68. The van der Waals surface area contributed by atoms with Crippen LogP contribution in [0.4, 0.5) is 5.69 Å². The molecule has 1 aliphatic heterocycles. The number of aliphatic imine (C=N–C) groups is 1. The number of nitrogens with zero attached hydrogens (tertiary/aromatic N) is 4. The summed E-state index contributed by atoms with van der Waals surface area (Å²) in [6.45, 7) is 8.20. The van der Waals surface area contributed by atoms with Crippen LogP contribution in [0, 0.1) is 0 Å². The Morgan fingerprint density at radius 2 is 1.95 bits per heavy atom. The third kappa shape index (κ3) is 2.60. The molecule has 1 aromatic carbocycles. The fraction of sp³-hybridized carbons (Fsp3) is 0.400. The van der Waals surface area contributed by atoms with Crippen molar-refractivity contribution in [3.8, 4) is 0 Å². The molecule has 6 heteroatoms. The van der Waals surface area contributed by atoms with Crippen molar-refractivity contribution in [2.45, 2.75) is 26.3 Å². The van der Waals surface area contributed by atoms with Crippen LogP contribution in [0.3, 0.4) is 0 Å². The molecule has 0 spiro atoms. The number of halogens is 1. The number of benzene rings is 1. The Morgan fingerprint density at radius 1 is 1.19 bits per heavy atom. The van der Waals surface area contributed by atoms with Crippen LogP contribution in [0.2, 0.25) is 0 Å². The van der Waals surface area contributed by atoms with Crippen molar-refractivity contribution in [3.05, 3.63) is 29.0 Å². The van der Waals surface area contributed by atoms with Gasteiger partial charge in [-0.15, -0.1) is 0 Å². The molecule has 0 bridgehead atoms. The first-order chi connectivity index (χ1) is 9.98. The molecule has 0 aliphatic carbocycles. The molecule has 3 rings (SSSR count). The number of fused-ring (bicyclic) bond motifs is 1. The van der Waals surface area contributed by atoms with Crippen molar-refractivity contribution >= 4 is 38.6 Å². The second kappa shape index (κ2) is 5.26. The van der Waals surface area contributed by atoms with Crippen LogP contribution >= 0.6 is 15.9 Å². The van der Waals surface area contributed by atoms with E-state index in [4.69, 9.17) is 0 Å². The molecule has 2 heterocycles. The summed E-state index contributed by atoms with van der Waals surface area (Å²) in [4.78, 5) is 15.6. The number of hydrogen-bond donors (Lipinski definition) is 1. The molecule has 1 aliphatic rings. The first-order valence-corrected chi connectivity index (χ1v) is 7.75. The first-order valence-electron chi connectivity index (χ1n) is 6.96. The van der Waals surface area contributed by atoms with E-state index in [0.29, 0.717) is 0 Å². The zero-order chi connectivity index (χ0) is 15.0. The van der Waals surface area contributed by atoms with Gasteiger partial charge in [-0.3, -0.25) is 15.0 Å². The first kappa shape index (κ1) is 14.3. The lowest BCUT2D eigenvalue weighted by atomic mass is 10.0. The highest BCUT2D eigenvalue weighted by Crippen LogP contribution is 2.35. The quantitative estimate of drug-likeness (QED) is 0.861. The van der Waals surface area contributed by atoms with Crippen LogP contribution < -0.4 is 10.2 Å². The largest absolute Gasteiger partial charge is 0.354 e. The normalized spacial score (nSPS) is 15.0. The van der Waals surface area contributed by atoms with E-state index >= 15 is 0 Å². The summed E-state index contributed by atoms with van der Waals surface area (Å²) in [6, 6.07) is 4.06. The smallest absolute Gasteiger partial charge is 0.199 e. The zero-order valence-corrected chi connectivity index (χ0v) is 14.0. The predicted octanol–water partition coefficient (Wildman–Crippen LogP) is 2.96. The monoisotopic (exact) mass is 347 g/mol. The third-order valence-electron chi connectivity index (χ3n) is 3.34. The van der Waals surface area contributed by atoms with Crippen molar-refractivity contribution in [2.24, 2.45) is 4.99 Å². The second-order valence-electron chi connectivity index (χ2n) is 5.96. The van der Waals surface area contributed by atoms with E-state index in [2.05, 4.69) is 67.9 Å². The topological polar surface area (TPSA) is 53.4 Å². The number of anilines is 1. The SMILES string of the molecule is CC(C)(C)N(C1=NCCN1)c1ccc2nccnc2c1Br. The van der Waals surface area contributed by atoms with E-state index < -0.39 is 0 Å². The molecule has 110 valence electrons. The Labute approximate surface area is 132 Å². The van der Waals surface area contributed by atoms with Gasteiger partial charge in [-0.05, 0) is 48.8 Å². The molecule has 1 aromatic heterocycles. The fourth-order valence-corrected chi connectivity index (χ4v) is 3.11. The maximum absolute atomic E-state index is 4.57. The number of hydrogen-bond acceptors (Lipinski definition) is 5. The highest BCUT2D eigenvalue weighted by molar-refractivity contribution is 9.10. The molecule has 0 saturated heterocycles. The van der Waals surface area contributed by atoms with Gasteiger partial charge >= 0.3 is 0 Å². The van der Waals surface area contributed by atoms with Gasteiger partial charge in [0, 0.05) is 24.5 Å². The minimum atomic E-state index is -0.103. The van der Waals surface area contributed by atoms with E-state index in [0.717, 1.165) is 40.2 Å². The number of rotatable bonds is 1. The maximum Gasteiger partial charge on any atom is 0.199 e. The van der Waals surface area contributed by atoms with E-state index in [9.17, 15) is 0 Å². The van der Waals surface area contributed by atoms with Crippen LogP contribution in [-0.2, 0) is 0 Å². The lowest BCUT2D eigenvalue weighted by Crippen LogP contribution is -2.50. The Morgan fingerprint density at radius 3 is 2.62 bits per heavy atom. The van der Waals surface area contributed by atoms with E-state index in [1.54, 1.807) is 12.4 Å². The molecule has 0 radical (unpaired) electrons. The van der Waals surface area contributed by atoms with Gasteiger partial charge in [0.1, 0.15) is 5.52 Å². The third-order valence-corrected chi connectivity index (χ3v) is 4.12. The average Bonchev–Trinajstić information content (AvgIpc) is 2.94. The molecule has 2 aromatic rings. The van der Waals surface area contributed by atoms with Crippen molar-refractivity contribution in [1.29, 1.82) is 0 Å². The van der Waals surface area contributed by atoms with Crippen LogP contribution in [0.1, 0.15) is 20.8 Å². The van der Waals surface area contributed by atoms with Gasteiger partial charge in [0.2, 0.25) is 0 Å². The summed E-state index contributed by atoms with van der Waals surface area (Å²) < 4.78 is 0.944. The maximum atomic E-state index is 4.57. The highest BCUT2D eigenvalue weighted by atomic mass is 79.9. The van der Waals surface area contributed by atoms with Crippen LogP contribution in [0.15, 0.2) is 34.0 Å².